The quantitative estimate of drug-likeness (QED) is 0.747. The van der Waals surface area contributed by atoms with Crippen molar-refractivity contribution in [2.45, 2.75) is 11.5 Å². The number of anilines is 1. The topological polar surface area (TPSA) is 95.1 Å². The molecule has 2 aromatic rings. The van der Waals surface area contributed by atoms with Gasteiger partial charge in [-0.25, -0.2) is 8.42 Å². The van der Waals surface area contributed by atoms with Crippen molar-refractivity contribution < 1.29 is 13.5 Å². The smallest absolute Gasteiger partial charge is 0.262 e. The van der Waals surface area contributed by atoms with Crippen LogP contribution in [0.15, 0.2) is 41.6 Å². The zero-order valence-electron chi connectivity index (χ0n) is 8.79. The van der Waals surface area contributed by atoms with Gasteiger partial charge in [0, 0.05) is 6.20 Å². The lowest BCUT2D eigenvalue weighted by Gasteiger charge is -2.09. The Hall–Kier alpha value is -1.86. The number of benzene rings is 1. The number of rotatable bonds is 4. The molecule has 1 heterocycles. The summed E-state index contributed by atoms with van der Waals surface area (Å²) < 4.78 is 26.4. The van der Waals surface area contributed by atoms with Crippen LogP contribution in [-0.2, 0) is 16.6 Å². The first-order chi connectivity index (χ1) is 8.13. The van der Waals surface area contributed by atoms with Crippen LogP contribution >= 0.6 is 0 Å². The van der Waals surface area contributed by atoms with E-state index in [1.54, 1.807) is 18.2 Å². The summed E-state index contributed by atoms with van der Waals surface area (Å²) in [5.74, 6) is 0. The van der Waals surface area contributed by atoms with Gasteiger partial charge in [0.25, 0.3) is 10.0 Å². The van der Waals surface area contributed by atoms with Crippen LogP contribution in [0.5, 0.6) is 0 Å². The SMILES string of the molecule is O=S(=O)(Nc1cn[nH]c1)c1ccccc1CO. The summed E-state index contributed by atoms with van der Waals surface area (Å²) in [5.41, 5.74) is 0.696. The summed E-state index contributed by atoms with van der Waals surface area (Å²) in [5, 5.41) is 15.2. The Balaban J connectivity index is 2.38. The maximum Gasteiger partial charge on any atom is 0.262 e. The fraction of sp³-hybridized carbons (Fsp3) is 0.100. The second kappa shape index (κ2) is 4.56. The van der Waals surface area contributed by atoms with E-state index in [1.165, 1.54) is 18.5 Å². The first kappa shape index (κ1) is 11.6. The van der Waals surface area contributed by atoms with Crippen LogP contribution in [-0.4, -0.2) is 23.7 Å². The highest BCUT2D eigenvalue weighted by molar-refractivity contribution is 7.92. The number of aromatic amines is 1. The maximum absolute atomic E-state index is 12.0. The molecular formula is C10H11N3O3S. The van der Waals surface area contributed by atoms with Crippen LogP contribution in [0.1, 0.15) is 5.56 Å². The van der Waals surface area contributed by atoms with Crippen molar-refractivity contribution in [3.8, 4) is 0 Å². The molecule has 17 heavy (non-hydrogen) atoms. The van der Waals surface area contributed by atoms with Crippen molar-refractivity contribution in [2.24, 2.45) is 0 Å². The molecule has 0 saturated carbocycles. The molecule has 90 valence electrons. The van der Waals surface area contributed by atoms with Crippen molar-refractivity contribution >= 4 is 15.7 Å². The zero-order chi connectivity index (χ0) is 12.3. The van der Waals surface area contributed by atoms with Crippen molar-refractivity contribution in [2.75, 3.05) is 4.72 Å². The van der Waals surface area contributed by atoms with E-state index in [9.17, 15) is 8.42 Å². The van der Waals surface area contributed by atoms with Gasteiger partial charge in [-0.1, -0.05) is 18.2 Å². The van der Waals surface area contributed by atoms with Gasteiger partial charge >= 0.3 is 0 Å². The van der Waals surface area contributed by atoms with Crippen LogP contribution in [0, 0.1) is 0 Å². The molecule has 0 amide bonds. The van der Waals surface area contributed by atoms with Crippen LogP contribution in [0.2, 0.25) is 0 Å². The third-order valence-electron chi connectivity index (χ3n) is 2.18. The number of hydrogen-bond donors (Lipinski definition) is 3. The Bertz CT molecular complexity index is 593. The highest BCUT2D eigenvalue weighted by Gasteiger charge is 2.17. The summed E-state index contributed by atoms with van der Waals surface area (Å²) >= 11 is 0. The van der Waals surface area contributed by atoms with Crippen molar-refractivity contribution in [1.29, 1.82) is 0 Å². The number of aliphatic hydroxyl groups is 1. The molecule has 0 fully saturated rings. The van der Waals surface area contributed by atoms with E-state index in [0.29, 0.717) is 11.3 Å². The molecule has 0 bridgehead atoms. The van der Waals surface area contributed by atoms with E-state index in [1.807, 2.05) is 0 Å². The fourth-order valence-corrected chi connectivity index (χ4v) is 2.68. The number of sulfonamides is 1. The van der Waals surface area contributed by atoms with E-state index in [-0.39, 0.29) is 11.5 Å². The summed E-state index contributed by atoms with van der Waals surface area (Å²) in [6.45, 7) is -0.331. The molecule has 1 aromatic heterocycles. The standard InChI is InChI=1S/C10H11N3O3S/c14-7-8-3-1-2-4-10(8)17(15,16)13-9-5-11-12-6-9/h1-6,13-14H,7H2,(H,11,12). The summed E-state index contributed by atoms with van der Waals surface area (Å²) in [7, 11) is -3.70. The summed E-state index contributed by atoms with van der Waals surface area (Å²) in [6.07, 6.45) is 2.79. The number of nitrogens with one attached hydrogen (secondary N) is 2. The molecule has 0 saturated heterocycles. The lowest BCUT2D eigenvalue weighted by atomic mass is 10.2. The Morgan fingerprint density at radius 3 is 2.76 bits per heavy atom. The molecular weight excluding hydrogens is 242 g/mol. The van der Waals surface area contributed by atoms with E-state index in [4.69, 9.17) is 5.11 Å². The van der Waals surface area contributed by atoms with Crippen LogP contribution in [0.25, 0.3) is 0 Å². The Morgan fingerprint density at radius 1 is 1.35 bits per heavy atom. The number of hydrogen-bond acceptors (Lipinski definition) is 4. The van der Waals surface area contributed by atoms with Gasteiger partial charge in [0.2, 0.25) is 0 Å². The molecule has 1 aromatic carbocycles. The molecule has 0 radical (unpaired) electrons. The highest BCUT2D eigenvalue weighted by Crippen LogP contribution is 2.18. The predicted molar refractivity (Wildman–Crippen MR) is 61.8 cm³/mol. The van der Waals surface area contributed by atoms with Crippen LogP contribution in [0.4, 0.5) is 5.69 Å². The van der Waals surface area contributed by atoms with Gasteiger partial charge in [0.1, 0.15) is 0 Å². The van der Waals surface area contributed by atoms with E-state index in [0.717, 1.165) is 0 Å². The molecule has 3 N–H and O–H groups in total. The minimum atomic E-state index is -3.70. The first-order valence-corrected chi connectivity index (χ1v) is 6.32. The van der Waals surface area contributed by atoms with Crippen LogP contribution < -0.4 is 4.72 Å². The second-order valence-electron chi connectivity index (χ2n) is 3.36. The van der Waals surface area contributed by atoms with Gasteiger partial charge in [0.15, 0.2) is 0 Å². The summed E-state index contributed by atoms with van der Waals surface area (Å²) in [6, 6.07) is 6.27. The molecule has 0 unspecified atom stereocenters. The Morgan fingerprint density at radius 2 is 2.12 bits per heavy atom. The monoisotopic (exact) mass is 253 g/mol. The third kappa shape index (κ3) is 2.45. The average molecular weight is 253 g/mol. The normalized spacial score (nSPS) is 11.4. The number of H-pyrrole nitrogens is 1. The number of nitrogens with zero attached hydrogens (tertiary/aromatic N) is 1. The van der Waals surface area contributed by atoms with Crippen LogP contribution in [0.3, 0.4) is 0 Å². The van der Waals surface area contributed by atoms with Crippen molar-refractivity contribution in [3.05, 3.63) is 42.2 Å². The molecule has 0 aliphatic heterocycles. The Labute approximate surface area is 98.4 Å². The molecule has 6 nitrogen and oxygen atoms in total. The average Bonchev–Trinajstić information content (AvgIpc) is 2.81. The second-order valence-corrected chi connectivity index (χ2v) is 5.01. The highest BCUT2D eigenvalue weighted by atomic mass is 32.2. The van der Waals surface area contributed by atoms with Gasteiger partial charge in [-0.05, 0) is 11.6 Å². The zero-order valence-corrected chi connectivity index (χ0v) is 9.61. The van der Waals surface area contributed by atoms with Crippen molar-refractivity contribution in [1.82, 2.24) is 10.2 Å². The molecule has 0 spiro atoms. The molecule has 7 heteroatoms. The third-order valence-corrected chi connectivity index (χ3v) is 3.66. The first-order valence-electron chi connectivity index (χ1n) is 4.84. The largest absolute Gasteiger partial charge is 0.392 e. The number of aliphatic hydroxyl groups excluding tert-OH is 1. The molecule has 0 aliphatic carbocycles. The van der Waals surface area contributed by atoms with Gasteiger partial charge in [-0.2, -0.15) is 5.10 Å². The predicted octanol–water partition coefficient (Wildman–Crippen LogP) is 0.703. The Kier molecular flexibility index (Phi) is 3.12. The molecule has 0 atom stereocenters. The van der Waals surface area contributed by atoms with Gasteiger partial charge in [-0.15, -0.1) is 0 Å². The number of aromatic nitrogens is 2. The fourth-order valence-electron chi connectivity index (χ4n) is 1.41. The lowest BCUT2D eigenvalue weighted by Crippen LogP contribution is -2.14. The minimum Gasteiger partial charge on any atom is -0.392 e. The van der Waals surface area contributed by atoms with Crippen molar-refractivity contribution in [3.63, 3.8) is 0 Å². The lowest BCUT2D eigenvalue weighted by molar-refractivity contribution is 0.278. The minimum absolute atomic E-state index is 0.0590. The van der Waals surface area contributed by atoms with Gasteiger partial charge < -0.3 is 5.11 Å². The van der Waals surface area contributed by atoms with E-state index >= 15 is 0 Å². The molecule has 0 aliphatic rings. The maximum atomic E-state index is 12.0. The van der Waals surface area contributed by atoms with E-state index < -0.39 is 10.0 Å². The summed E-state index contributed by atoms with van der Waals surface area (Å²) in [4.78, 5) is 0.0590. The van der Waals surface area contributed by atoms with E-state index in [2.05, 4.69) is 14.9 Å². The molecule has 2 rings (SSSR count). The van der Waals surface area contributed by atoms with Gasteiger partial charge in [-0.3, -0.25) is 9.82 Å². The van der Waals surface area contributed by atoms with Gasteiger partial charge in [0.05, 0.1) is 23.4 Å².